The van der Waals surface area contributed by atoms with Gasteiger partial charge in [0.15, 0.2) is 34.9 Å². The van der Waals surface area contributed by atoms with Gasteiger partial charge in [0.2, 0.25) is 0 Å². The maximum Gasteiger partial charge on any atom is 0.164 e. The summed E-state index contributed by atoms with van der Waals surface area (Å²) in [5.74, 6) is 3.81. The molecule has 0 N–H and O–H groups in total. The van der Waals surface area contributed by atoms with Crippen LogP contribution in [0, 0.1) is 0 Å². The maximum atomic E-state index is 5.12. The lowest BCUT2D eigenvalue weighted by atomic mass is 10.0. The summed E-state index contributed by atoms with van der Waals surface area (Å²) < 4.78 is 9.51. The van der Waals surface area contributed by atoms with Crippen LogP contribution < -0.4 is 0 Å². The zero-order valence-corrected chi connectivity index (χ0v) is 57.3. The Bertz CT molecular complexity index is 6850. The molecule has 15 aromatic carbocycles. The fourth-order valence-corrected chi connectivity index (χ4v) is 15.4. The van der Waals surface area contributed by atoms with E-state index in [4.69, 9.17) is 29.9 Å². The number of hydrogen-bond acceptors (Lipinski definition) is 6. The normalized spacial score (nSPS) is 11.6. The van der Waals surface area contributed by atoms with Crippen molar-refractivity contribution >= 4 is 87.2 Å². The lowest BCUT2D eigenvalue weighted by Gasteiger charge is -2.12. The van der Waals surface area contributed by atoms with E-state index in [9.17, 15) is 0 Å². The largest absolute Gasteiger partial charge is 0.309 e. The molecule has 0 aliphatic heterocycles. The third kappa shape index (κ3) is 10.7. The SMILES string of the molecule is c1ccc(-c2ccc(-c3nc(-c4ccccc4)nc(-c4cccc(-n5c6ccccc6c6cc7c8ccccc8n(-c8ccccc8)c7cc65)c4)n3)cc2)cc1.c1ccc(-c2nc(-c3ccccc3)nc(-c3cccc(-n4c5ccccc5c5cc6c7ccccc7n(-c7ccccc7)c6cc54)c3)n2)cc1. The highest BCUT2D eigenvalue weighted by atomic mass is 15.1. The van der Waals surface area contributed by atoms with Crippen molar-refractivity contribution in [3.63, 3.8) is 0 Å². The number of aromatic nitrogens is 10. The van der Waals surface area contributed by atoms with Gasteiger partial charge in [-0.1, -0.05) is 279 Å². The van der Waals surface area contributed by atoms with Crippen LogP contribution in [0.2, 0.25) is 0 Å². The summed E-state index contributed by atoms with van der Waals surface area (Å²) in [7, 11) is 0. The van der Waals surface area contributed by atoms with Crippen LogP contribution in [0.3, 0.4) is 0 Å². The van der Waals surface area contributed by atoms with Crippen molar-refractivity contribution in [1.82, 2.24) is 48.2 Å². The third-order valence-electron chi connectivity index (χ3n) is 20.3. The molecule has 6 aromatic heterocycles. The van der Waals surface area contributed by atoms with Crippen molar-refractivity contribution < 1.29 is 0 Å². The van der Waals surface area contributed by atoms with Crippen LogP contribution in [-0.2, 0) is 0 Å². The minimum atomic E-state index is 0.621. The van der Waals surface area contributed by atoms with Crippen LogP contribution in [0.15, 0.2) is 376 Å². The minimum Gasteiger partial charge on any atom is -0.309 e. The van der Waals surface area contributed by atoms with Gasteiger partial charge in [-0.2, -0.15) is 0 Å². The monoisotopic (exact) mass is 1350 g/mol. The van der Waals surface area contributed by atoms with Crippen LogP contribution in [0.25, 0.3) is 189 Å². The molecule has 0 aliphatic carbocycles. The van der Waals surface area contributed by atoms with Gasteiger partial charge >= 0.3 is 0 Å². The Labute approximate surface area is 610 Å². The highest BCUT2D eigenvalue weighted by Crippen LogP contribution is 2.43. The van der Waals surface area contributed by atoms with Crippen LogP contribution in [-0.4, -0.2) is 48.2 Å². The average molecular weight is 1360 g/mol. The second-order valence-corrected chi connectivity index (χ2v) is 26.6. The first-order valence-corrected chi connectivity index (χ1v) is 35.7. The fraction of sp³-hybridized carbons (Fsp3) is 0. The van der Waals surface area contributed by atoms with Crippen LogP contribution in [0.1, 0.15) is 0 Å². The van der Waals surface area contributed by atoms with Crippen molar-refractivity contribution in [2.24, 2.45) is 0 Å². The van der Waals surface area contributed by atoms with Gasteiger partial charge in [0, 0.05) is 99.2 Å². The molecule has 6 heterocycles. The quantitative estimate of drug-likeness (QED) is 0.128. The summed E-state index contributed by atoms with van der Waals surface area (Å²) in [6.07, 6.45) is 0. The molecule has 0 saturated carbocycles. The molecule has 21 aromatic rings. The molecule has 10 heteroatoms. The molecular weight excluding hydrogens is 1290 g/mol. The highest BCUT2D eigenvalue weighted by molar-refractivity contribution is 6.21. The van der Waals surface area contributed by atoms with E-state index in [1.807, 2.05) is 97.1 Å². The molecule has 0 amide bonds. The van der Waals surface area contributed by atoms with Gasteiger partial charge in [-0.15, -0.1) is 0 Å². The number of fused-ring (bicyclic) bond motifs is 12. The average Bonchev–Trinajstić information content (AvgIpc) is 1.56. The van der Waals surface area contributed by atoms with Gasteiger partial charge in [0.25, 0.3) is 0 Å². The Kier molecular flexibility index (Phi) is 15.0. The first-order valence-electron chi connectivity index (χ1n) is 35.7. The molecule has 0 fully saturated rings. The van der Waals surface area contributed by atoms with Gasteiger partial charge < -0.3 is 18.3 Å². The Morgan fingerprint density at radius 1 is 0.132 bits per heavy atom. The molecule has 0 saturated heterocycles. The van der Waals surface area contributed by atoms with Gasteiger partial charge in [0.1, 0.15) is 0 Å². The fourth-order valence-electron chi connectivity index (χ4n) is 15.4. The summed E-state index contributed by atoms with van der Waals surface area (Å²) in [5.41, 5.74) is 21.5. The summed E-state index contributed by atoms with van der Waals surface area (Å²) in [6, 6.07) is 132. The Morgan fingerprint density at radius 3 is 0.670 bits per heavy atom. The standard InChI is InChI=1S/C51H33N5.C45H29N5/c1-4-15-34(16-5-1)35-27-29-37(30-28-35)50-52-49(36-17-6-2-7-18-36)53-51(54-50)38-19-14-22-40(31-38)56-46-26-13-11-24-42(46)44-32-43-41-23-10-12-25-45(41)55(47(43)33-48(44)56)39-20-8-3-9-21-39;1-4-15-30(16-5-1)43-46-44(31-17-6-2-7-18-31)48-45(47-43)32-19-14-22-34(27-32)50-40-26-13-11-24-36(40)38-28-37-35-23-10-12-25-39(35)49(41(37)29-42(38)50)33-20-8-3-9-21-33/h1-33H;1-29H. The molecular formula is C96H62N10. The van der Waals surface area contributed by atoms with Gasteiger partial charge in [-0.25, -0.2) is 29.9 Å². The second-order valence-electron chi connectivity index (χ2n) is 26.6. The van der Waals surface area contributed by atoms with Crippen LogP contribution in [0.4, 0.5) is 0 Å². The number of para-hydroxylation sites is 6. The summed E-state index contributed by atoms with van der Waals surface area (Å²) in [5, 5.41) is 9.79. The molecule has 0 bridgehead atoms. The molecule has 0 atom stereocenters. The van der Waals surface area contributed by atoms with Crippen molar-refractivity contribution in [1.29, 1.82) is 0 Å². The summed E-state index contributed by atoms with van der Waals surface area (Å²) in [6.45, 7) is 0. The second kappa shape index (κ2) is 25.8. The van der Waals surface area contributed by atoms with E-state index in [0.717, 1.165) is 89.3 Å². The van der Waals surface area contributed by atoms with Crippen molar-refractivity contribution in [2.75, 3.05) is 0 Å². The number of benzene rings is 15. The predicted octanol–water partition coefficient (Wildman–Crippen LogP) is 23.8. The van der Waals surface area contributed by atoms with Crippen molar-refractivity contribution in [2.45, 2.75) is 0 Å². The first kappa shape index (κ1) is 61.4. The predicted molar refractivity (Wildman–Crippen MR) is 435 cm³/mol. The lowest BCUT2D eigenvalue weighted by Crippen LogP contribution is -2.01. The van der Waals surface area contributed by atoms with Crippen LogP contribution >= 0.6 is 0 Å². The zero-order valence-electron chi connectivity index (χ0n) is 57.3. The van der Waals surface area contributed by atoms with E-state index in [2.05, 4.69) is 297 Å². The highest BCUT2D eigenvalue weighted by Gasteiger charge is 2.23. The minimum absolute atomic E-state index is 0.621. The van der Waals surface area contributed by atoms with Crippen molar-refractivity contribution in [3.8, 4) is 102 Å². The topological polar surface area (TPSA) is 97.1 Å². The molecule has 0 unspecified atom stereocenters. The van der Waals surface area contributed by atoms with Gasteiger partial charge in [0.05, 0.1) is 44.1 Å². The van der Waals surface area contributed by atoms with E-state index in [1.54, 1.807) is 0 Å². The van der Waals surface area contributed by atoms with Crippen LogP contribution in [0.5, 0.6) is 0 Å². The zero-order chi connectivity index (χ0) is 70.0. The summed E-state index contributed by atoms with van der Waals surface area (Å²) in [4.78, 5) is 30.2. The smallest absolute Gasteiger partial charge is 0.164 e. The molecule has 0 aliphatic rings. The Balaban J connectivity index is 0.000000141. The van der Waals surface area contributed by atoms with E-state index >= 15 is 0 Å². The van der Waals surface area contributed by atoms with Gasteiger partial charge in [-0.3, -0.25) is 0 Å². The maximum absolute atomic E-state index is 5.12. The van der Waals surface area contributed by atoms with E-state index < -0.39 is 0 Å². The lowest BCUT2D eigenvalue weighted by molar-refractivity contribution is 1.07. The molecule has 106 heavy (non-hydrogen) atoms. The number of nitrogens with zero attached hydrogens (tertiary/aromatic N) is 10. The van der Waals surface area contributed by atoms with E-state index in [1.165, 1.54) is 65.2 Å². The Morgan fingerprint density at radius 2 is 0.349 bits per heavy atom. The molecule has 21 rings (SSSR count). The van der Waals surface area contributed by atoms with E-state index in [-0.39, 0.29) is 0 Å². The van der Waals surface area contributed by atoms with Gasteiger partial charge in [-0.05, 0) is 108 Å². The molecule has 496 valence electrons. The Hall–Kier alpha value is -14.5. The number of hydrogen-bond donors (Lipinski definition) is 0. The molecule has 0 radical (unpaired) electrons. The first-order chi connectivity index (χ1) is 52.6. The number of rotatable bonds is 11. The third-order valence-corrected chi connectivity index (χ3v) is 20.3. The molecule has 0 spiro atoms. The van der Waals surface area contributed by atoms with E-state index in [0.29, 0.717) is 34.9 Å². The summed E-state index contributed by atoms with van der Waals surface area (Å²) >= 11 is 0. The molecule has 10 nitrogen and oxygen atoms in total. The van der Waals surface area contributed by atoms with Crippen molar-refractivity contribution in [3.05, 3.63) is 376 Å².